The predicted molar refractivity (Wildman–Crippen MR) is 85.7 cm³/mol. The molecular formula is C17H20N4O. The molecule has 1 aromatic heterocycles. The van der Waals surface area contributed by atoms with E-state index < -0.39 is 0 Å². The van der Waals surface area contributed by atoms with Gasteiger partial charge in [-0.1, -0.05) is 30.3 Å². The van der Waals surface area contributed by atoms with Gasteiger partial charge in [0, 0.05) is 24.2 Å². The van der Waals surface area contributed by atoms with Gasteiger partial charge in [-0.3, -0.25) is 9.48 Å². The van der Waals surface area contributed by atoms with Crippen LogP contribution in [0.15, 0.2) is 41.6 Å². The molecule has 1 saturated carbocycles. The summed E-state index contributed by atoms with van der Waals surface area (Å²) >= 11 is 0. The zero-order valence-electron chi connectivity index (χ0n) is 12.9. The summed E-state index contributed by atoms with van der Waals surface area (Å²) in [6.45, 7) is 4.79. The van der Waals surface area contributed by atoms with Gasteiger partial charge in [-0.25, -0.2) is 5.43 Å². The van der Waals surface area contributed by atoms with E-state index in [-0.39, 0.29) is 11.8 Å². The Morgan fingerprint density at radius 3 is 2.91 bits per heavy atom. The predicted octanol–water partition coefficient (Wildman–Crippen LogP) is 2.47. The van der Waals surface area contributed by atoms with Crippen molar-refractivity contribution in [2.24, 2.45) is 11.0 Å². The quantitative estimate of drug-likeness (QED) is 0.680. The Labute approximate surface area is 130 Å². The Morgan fingerprint density at radius 1 is 1.45 bits per heavy atom. The lowest BCUT2D eigenvalue weighted by Crippen LogP contribution is -2.20. The highest BCUT2D eigenvalue weighted by molar-refractivity contribution is 5.85. The first-order valence-corrected chi connectivity index (χ1v) is 7.61. The minimum atomic E-state index is -0.00867. The van der Waals surface area contributed by atoms with Gasteiger partial charge in [0.15, 0.2) is 0 Å². The monoisotopic (exact) mass is 296 g/mol. The Morgan fingerprint density at radius 2 is 2.23 bits per heavy atom. The summed E-state index contributed by atoms with van der Waals surface area (Å²) in [5, 5.41) is 8.40. The molecule has 0 saturated heterocycles. The summed E-state index contributed by atoms with van der Waals surface area (Å²) in [4.78, 5) is 12.1. The van der Waals surface area contributed by atoms with Crippen LogP contribution in [0.5, 0.6) is 0 Å². The first-order chi connectivity index (χ1) is 10.7. The zero-order chi connectivity index (χ0) is 15.5. The fourth-order valence-electron chi connectivity index (χ4n) is 2.62. The number of amides is 1. The average molecular weight is 296 g/mol. The van der Waals surface area contributed by atoms with Crippen molar-refractivity contribution in [1.82, 2.24) is 15.2 Å². The van der Waals surface area contributed by atoms with Gasteiger partial charge in [0.1, 0.15) is 0 Å². The van der Waals surface area contributed by atoms with E-state index in [1.165, 1.54) is 5.56 Å². The van der Waals surface area contributed by atoms with E-state index in [2.05, 4.69) is 27.8 Å². The van der Waals surface area contributed by atoms with Gasteiger partial charge >= 0.3 is 0 Å². The van der Waals surface area contributed by atoms with E-state index in [1.54, 1.807) is 6.21 Å². The van der Waals surface area contributed by atoms with Crippen LogP contribution in [0.25, 0.3) is 0 Å². The molecule has 0 radical (unpaired) electrons. The van der Waals surface area contributed by atoms with E-state index >= 15 is 0 Å². The van der Waals surface area contributed by atoms with Crippen molar-refractivity contribution in [3.05, 3.63) is 53.3 Å². The average Bonchev–Trinajstić information content (AvgIpc) is 3.27. The van der Waals surface area contributed by atoms with E-state index in [0.29, 0.717) is 5.92 Å². The van der Waals surface area contributed by atoms with Crippen LogP contribution in [0, 0.1) is 12.8 Å². The lowest BCUT2D eigenvalue weighted by atomic mass is 10.1. The molecule has 22 heavy (non-hydrogen) atoms. The number of nitrogens with one attached hydrogen (secondary N) is 1. The van der Waals surface area contributed by atoms with Crippen molar-refractivity contribution in [2.45, 2.75) is 32.7 Å². The Kier molecular flexibility index (Phi) is 4.04. The molecule has 1 amide bonds. The summed E-state index contributed by atoms with van der Waals surface area (Å²) in [6.07, 6.45) is 4.49. The number of rotatable bonds is 5. The number of hydrogen-bond donors (Lipinski definition) is 1. The third-order valence-electron chi connectivity index (χ3n) is 4.04. The minimum absolute atomic E-state index is 0.00867. The lowest BCUT2D eigenvalue weighted by molar-refractivity contribution is -0.122. The topological polar surface area (TPSA) is 59.3 Å². The van der Waals surface area contributed by atoms with Gasteiger partial charge in [-0.05, 0) is 31.7 Å². The van der Waals surface area contributed by atoms with Crippen LogP contribution in [0.4, 0.5) is 0 Å². The van der Waals surface area contributed by atoms with E-state index in [1.807, 2.05) is 42.9 Å². The summed E-state index contributed by atoms with van der Waals surface area (Å²) in [5.74, 6) is 0.366. The van der Waals surface area contributed by atoms with Crippen molar-refractivity contribution in [2.75, 3.05) is 0 Å². The molecule has 5 nitrogen and oxygen atoms in total. The fraction of sp³-hybridized carbons (Fsp3) is 0.353. The molecule has 0 bridgehead atoms. The fourth-order valence-corrected chi connectivity index (χ4v) is 2.62. The number of hydrogen-bond acceptors (Lipinski definition) is 3. The minimum Gasteiger partial charge on any atom is -0.273 e. The number of hydrazone groups is 1. The van der Waals surface area contributed by atoms with Crippen molar-refractivity contribution < 1.29 is 4.79 Å². The van der Waals surface area contributed by atoms with Gasteiger partial charge in [0.2, 0.25) is 5.91 Å². The maximum atomic E-state index is 12.1. The summed E-state index contributed by atoms with van der Waals surface area (Å²) in [5.41, 5.74) is 5.71. The number of aromatic nitrogens is 2. The lowest BCUT2D eigenvalue weighted by Gasteiger charge is -1.99. The van der Waals surface area contributed by atoms with Gasteiger partial charge in [-0.2, -0.15) is 10.2 Å². The normalized spacial score (nSPS) is 20.3. The van der Waals surface area contributed by atoms with Crippen molar-refractivity contribution in [3.8, 4) is 0 Å². The molecule has 114 valence electrons. The van der Waals surface area contributed by atoms with Gasteiger partial charge in [-0.15, -0.1) is 0 Å². The molecule has 0 unspecified atom stereocenters. The van der Waals surface area contributed by atoms with Gasteiger partial charge in [0.05, 0.1) is 11.9 Å². The smallest absolute Gasteiger partial charge is 0.243 e. The van der Waals surface area contributed by atoms with Gasteiger partial charge < -0.3 is 0 Å². The highest BCUT2D eigenvalue weighted by Crippen LogP contribution is 2.47. The molecule has 1 aliphatic rings. The molecule has 1 fully saturated rings. The molecule has 1 aliphatic carbocycles. The molecule has 1 heterocycles. The number of aryl methyl sites for hydroxylation is 2. The molecule has 1 aromatic carbocycles. The second kappa shape index (κ2) is 6.13. The molecule has 0 aliphatic heterocycles. The third kappa shape index (κ3) is 3.08. The second-order valence-corrected chi connectivity index (χ2v) is 5.62. The van der Waals surface area contributed by atoms with Crippen molar-refractivity contribution in [1.29, 1.82) is 0 Å². The Balaban J connectivity index is 1.55. The Hall–Kier alpha value is -2.43. The second-order valence-electron chi connectivity index (χ2n) is 5.62. The summed E-state index contributed by atoms with van der Waals surface area (Å²) in [7, 11) is 0. The van der Waals surface area contributed by atoms with Crippen LogP contribution < -0.4 is 5.43 Å². The molecule has 2 atom stereocenters. The third-order valence-corrected chi connectivity index (χ3v) is 4.04. The molecule has 2 aromatic rings. The van der Waals surface area contributed by atoms with Crippen LogP contribution in [0.1, 0.15) is 36.1 Å². The summed E-state index contributed by atoms with van der Waals surface area (Å²) < 4.78 is 1.85. The number of benzene rings is 1. The molecule has 3 rings (SSSR count). The molecule has 1 N–H and O–H groups in total. The number of nitrogens with zero attached hydrogens (tertiary/aromatic N) is 3. The highest BCUT2D eigenvalue weighted by atomic mass is 16.2. The van der Waals surface area contributed by atoms with Gasteiger partial charge in [0.25, 0.3) is 0 Å². The largest absolute Gasteiger partial charge is 0.273 e. The van der Waals surface area contributed by atoms with Crippen molar-refractivity contribution >= 4 is 12.1 Å². The van der Waals surface area contributed by atoms with E-state index in [9.17, 15) is 4.79 Å². The van der Waals surface area contributed by atoms with E-state index in [0.717, 1.165) is 24.2 Å². The number of carbonyl (C=O) groups excluding carboxylic acids is 1. The van der Waals surface area contributed by atoms with Crippen LogP contribution in [0.2, 0.25) is 0 Å². The van der Waals surface area contributed by atoms with Crippen LogP contribution >= 0.6 is 0 Å². The maximum Gasteiger partial charge on any atom is 0.243 e. The number of carbonyl (C=O) groups is 1. The Bertz CT molecular complexity index is 690. The zero-order valence-corrected chi connectivity index (χ0v) is 12.9. The molecular weight excluding hydrogens is 276 g/mol. The molecule has 5 heteroatoms. The maximum absolute atomic E-state index is 12.1. The van der Waals surface area contributed by atoms with Crippen LogP contribution in [-0.4, -0.2) is 21.9 Å². The highest BCUT2D eigenvalue weighted by Gasteiger charge is 2.43. The first kappa shape index (κ1) is 14.5. The van der Waals surface area contributed by atoms with Crippen LogP contribution in [0.3, 0.4) is 0 Å². The standard InChI is InChI=1S/C17H20N4O/c1-3-21-11-14(12(2)20-21)10-18-19-17(22)16-9-15(16)13-7-5-4-6-8-13/h4-8,10-11,15-16H,3,9H2,1-2H3,(H,19,22)/t15-,16+/m0/s1. The first-order valence-electron chi connectivity index (χ1n) is 7.61. The van der Waals surface area contributed by atoms with Crippen molar-refractivity contribution in [3.63, 3.8) is 0 Å². The molecule has 0 spiro atoms. The van der Waals surface area contributed by atoms with E-state index in [4.69, 9.17) is 0 Å². The van der Waals surface area contributed by atoms with Crippen LogP contribution in [-0.2, 0) is 11.3 Å². The summed E-state index contributed by atoms with van der Waals surface area (Å²) in [6, 6.07) is 10.2. The SMILES string of the molecule is CCn1cc(C=NNC(=O)[C@@H]2C[C@H]2c2ccccc2)c(C)n1.